The maximum atomic E-state index is 13.1. The summed E-state index contributed by atoms with van der Waals surface area (Å²) in [6.07, 6.45) is -4.66. The van der Waals surface area contributed by atoms with Gasteiger partial charge in [-0.2, -0.15) is 13.2 Å². The average Bonchev–Trinajstić information content (AvgIpc) is 2.71. The second-order valence-corrected chi connectivity index (χ2v) is 9.37. The second-order valence-electron chi connectivity index (χ2n) is 6.84. The summed E-state index contributed by atoms with van der Waals surface area (Å²) in [5.74, 6) is -1.52. The van der Waals surface area contributed by atoms with Crippen LogP contribution in [0, 0.1) is 0 Å². The summed E-state index contributed by atoms with van der Waals surface area (Å²) in [7, 11) is -1.32. The van der Waals surface area contributed by atoms with Gasteiger partial charge < -0.3 is 10.2 Å². The summed E-state index contributed by atoms with van der Waals surface area (Å²) in [6, 6.07) is 8.13. The van der Waals surface area contributed by atoms with Crippen LogP contribution >= 0.6 is 11.6 Å². The molecular formula is C20H21ClF3N3O4S. The van der Waals surface area contributed by atoms with Crippen molar-refractivity contribution in [1.29, 1.82) is 0 Å². The van der Waals surface area contributed by atoms with E-state index >= 15 is 0 Å². The standard InChI is InChI=1S/C20H21ClF3N3O4S/c1-4-27(12-18(28)25-16-8-6-5-7-14(16)20(22,23)24)19(29)13-9-10-15(21)17(11-13)32(30,31)26(2)3/h5-11H,4,12H2,1-3H3,(H,25,28). The Kier molecular flexibility index (Phi) is 7.92. The summed E-state index contributed by atoms with van der Waals surface area (Å²) >= 11 is 5.98. The van der Waals surface area contributed by atoms with E-state index in [2.05, 4.69) is 5.32 Å². The molecule has 174 valence electrons. The van der Waals surface area contributed by atoms with Gasteiger partial charge in [0.25, 0.3) is 5.91 Å². The molecule has 0 aliphatic carbocycles. The molecule has 0 aromatic heterocycles. The molecule has 0 saturated carbocycles. The number of carbonyl (C=O) groups is 2. The predicted molar refractivity (Wildman–Crippen MR) is 114 cm³/mol. The number of halogens is 4. The van der Waals surface area contributed by atoms with Crippen LogP contribution in [0.4, 0.5) is 18.9 Å². The van der Waals surface area contributed by atoms with Gasteiger partial charge in [0, 0.05) is 26.2 Å². The van der Waals surface area contributed by atoms with Crippen molar-refractivity contribution in [3.8, 4) is 0 Å². The number of para-hydroxylation sites is 1. The van der Waals surface area contributed by atoms with Gasteiger partial charge in [0.2, 0.25) is 15.9 Å². The Morgan fingerprint density at radius 1 is 1.09 bits per heavy atom. The normalized spacial score (nSPS) is 12.0. The first-order valence-corrected chi connectivity index (χ1v) is 11.1. The lowest BCUT2D eigenvalue weighted by Gasteiger charge is -2.22. The van der Waals surface area contributed by atoms with E-state index < -0.39 is 45.8 Å². The molecule has 12 heteroatoms. The van der Waals surface area contributed by atoms with E-state index in [9.17, 15) is 31.2 Å². The second kappa shape index (κ2) is 9.88. The maximum Gasteiger partial charge on any atom is 0.418 e. The van der Waals surface area contributed by atoms with Gasteiger partial charge in [0.15, 0.2) is 0 Å². The van der Waals surface area contributed by atoms with Crippen LogP contribution in [0.25, 0.3) is 0 Å². The van der Waals surface area contributed by atoms with Crippen LogP contribution in [-0.4, -0.2) is 56.6 Å². The van der Waals surface area contributed by atoms with Crippen molar-refractivity contribution < 1.29 is 31.2 Å². The lowest BCUT2D eigenvalue weighted by molar-refractivity contribution is -0.137. The monoisotopic (exact) mass is 491 g/mol. The third-order valence-corrected chi connectivity index (χ3v) is 6.74. The van der Waals surface area contributed by atoms with Crippen LogP contribution in [0.15, 0.2) is 47.4 Å². The summed E-state index contributed by atoms with van der Waals surface area (Å²) in [4.78, 5) is 26.0. The van der Waals surface area contributed by atoms with Crippen LogP contribution < -0.4 is 5.32 Å². The number of benzene rings is 2. The Morgan fingerprint density at radius 2 is 1.72 bits per heavy atom. The zero-order valence-electron chi connectivity index (χ0n) is 17.4. The van der Waals surface area contributed by atoms with Gasteiger partial charge in [-0.15, -0.1) is 0 Å². The quantitative estimate of drug-likeness (QED) is 0.639. The van der Waals surface area contributed by atoms with Gasteiger partial charge >= 0.3 is 6.18 Å². The Hall–Kier alpha value is -2.63. The topological polar surface area (TPSA) is 86.8 Å². The third-order valence-electron chi connectivity index (χ3n) is 4.45. The fraction of sp³-hybridized carbons (Fsp3) is 0.300. The minimum Gasteiger partial charge on any atom is -0.330 e. The molecule has 32 heavy (non-hydrogen) atoms. The van der Waals surface area contributed by atoms with Crippen molar-refractivity contribution in [3.05, 3.63) is 58.6 Å². The molecule has 0 unspecified atom stereocenters. The molecule has 1 N–H and O–H groups in total. The van der Waals surface area contributed by atoms with Crippen molar-refractivity contribution >= 4 is 39.1 Å². The molecule has 0 radical (unpaired) electrons. The van der Waals surface area contributed by atoms with E-state index in [1.165, 1.54) is 38.4 Å². The third kappa shape index (κ3) is 5.78. The minimum absolute atomic E-state index is 0.0415. The molecule has 0 heterocycles. The summed E-state index contributed by atoms with van der Waals surface area (Å²) < 4.78 is 65.1. The highest BCUT2D eigenvalue weighted by molar-refractivity contribution is 7.89. The molecule has 0 spiro atoms. The number of hydrogen-bond acceptors (Lipinski definition) is 4. The first-order chi connectivity index (χ1) is 14.8. The van der Waals surface area contributed by atoms with Crippen molar-refractivity contribution in [2.45, 2.75) is 18.0 Å². The van der Waals surface area contributed by atoms with E-state index in [1.54, 1.807) is 6.92 Å². The van der Waals surface area contributed by atoms with E-state index in [4.69, 9.17) is 11.6 Å². The van der Waals surface area contributed by atoms with Gasteiger partial charge in [0.05, 0.1) is 16.3 Å². The van der Waals surface area contributed by atoms with Crippen LogP contribution in [0.1, 0.15) is 22.8 Å². The molecule has 2 amide bonds. The van der Waals surface area contributed by atoms with Gasteiger partial charge in [0.1, 0.15) is 11.4 Å². The highest BCUT2D eigenvalue weighted by Crippen LogP contribution is 2.34. The smallest absolute Gasteiger partial charge is 0.330 e. The van der Waals surface area contributed by atoms with Crippen molar-refractivity contribution in [3.63, 3.8) is 0 Å². The van der Waals surface area contributed by atoms with Gasteiger partial charge in [-0.05, 0) is 37.3 Å². The van der Waals surface area contributed by atoms with Crippen molar-refractivity contribution in [2.75, 3.05) is 32.5 Å². The number of hydrogen-bond donors (Lipinski definition) is 1. The fourth-order valence-electron chi connectivity index (χ4n) is 2.74. The number of carbonyl (C=O) groups excluding carboxylic acids is 2. The molecular weight excluding hydrogens is 471 g/mol. The first kappa shape index (κ1) is 25.6. The van der Waals surface area contributed by atoms with Crippen LogP contribution in [0.2, 0.25) is 5.02 Å². The molecule has 0 fully saturated rings. The summed E-state index contributed by atoms with van der Waals surface area (Å²) in [6.45, 7) is 1.08. The van der Waals surface area contributed by atoms with E-state index in [1.807, 2.05) is 0 Å². The molecule has 0 atom stereocenters. The molecule has 0 saturated heterocycles. The molecule has 0 bridgehead atoms. The zero-order chi connectivity index (χ0) is 24.3. The average molecular weight is 492 g/mol. The number of anilines is 1. The van der Waals surface area contributed by atoms with E-state index in [0.717, 1.165) is 27.4 Å². The summed E-state index contributed by atoms with van der Waals surface area (Å²) in [5, 5.41) is 2.09. The Balaban J connectivity index is 2.26. The lowest BCUT2D eigenvalue weighted by Crippen LogP contribution is -2.38. The lowest BCUT2D eigenvalue weighted by atomic mass is 10.1. The SMILES string of the molecule is CCN(CC(=O)Nc1ccccc1C(F)(F)F)C(=O)c1ccc(Cl)c(S(=O)(=O)N(C)C)c1. The Morgan fingerprint density at radius 3 is 2.28 bits per heavy atom. The Labute approximate surface area is 188 Å². The fourth-order valence-corrected chi connectivity index (χ4v) is 4.14. The summed E-state index contributed by atoms with van der Waals surface area (Å²) in [5.41, 5.74) is -1.49. The van der Waals surface area contributed by atoms with Gasteiger partial charge in [-0.1, -0.05) is 23.7 Å². The number of amides is 2. The maximum absolute atomic E-state index is 13.1. The highest BCUT2D eigenvalue weighted by atomic mass is 35.5. The van der Waals surface area contributed by atoms with E-state index in [0.29, 0.717) is 0 Å². The molecule has 7 nitrogen and oxygen atoms in total. The number of nitrogens with zero attached hydrogens (tertiary/aromatic N) is 2. The molecule has 2 aromatic rings. The van der Waals surface area contributed by atoms with Crippen LogP contribution in [-0.2, 0) is 21.0 Å². The van der Waals surface area contributed by atoms with Crippen molar-refractivity contribution in [1.82, 2.24) is 9.21 Å². The number of alkyl halides is 3. The number of rotatable bonds is 7. The Bertz CT molecular complexity index is 1120. The molecule has 0 aliphatic rings. The zero-order valence-corrected chi connectivity index (χ0v) is 19.0. The highest BCUT2D eigenvalue weighted by Gasteiger charge is 2.33. The van der Waals surface area contributed by atoms with Crippen LogP contribution in [0.3, 0.4) is 0 Å². The molecule has 2 aromatic carbocycles. The van der Waals surface area contributed by atoms with Crippen LogP contribution in [0.5, 0.6) is 0 Å². The van der Waals surface area contributed by atoms with Crippen molar-refractivity contribution in [2.24, 2.45) is 0 Å². The molecule has 2 rings (SSSR count). The van der Waals surface area contributed by atoms with Gasteiger partial charge in [-0.25, -0.2) is 12.7 Å². The minimum atomic E-state index is -4.66. The molecule has 0 aliphatic heterocycles. The van der Waals surface area contributed by atoms with Gasteiger partial charge in [-0.3, -0.25) is 9.59 Å². The predicted octanol–water partition coefficient (Wildman–Crippen LogP) is 3.71. The van der Waals surface area contributed by atoms with E-state index in [-0.39, 0.29) is 22.0 Å². The largest absolute Gasteiger partial charge is 0.418 e. The number of likely N-dealkylation sites (N-methyl/N-ethyl adjacent to an activating group) is 1. The number of nitrogens with one attached hydrogen (secondary N) is 1. The first-order valence-electron chi connectivity index (χ1n) is 9.26. The number of sulfonamides is 1.